The van der Waals surface area contributed by atoms with E-state index in [0.717, 1.165) is 41.6 Å². The monoisotopic (exact) mass is 547 g/mol. The number of amides is 1. The molecule has 1 aliphatic carbocycles. The highest BCUT2D eigenvalue weighted by Crippen LogP contribution is 2.53. The first kappa shape index (κ1) is 27.3. The van der Waals surface area contributed by atoms with Crippen molar-refractivity contribution >= 4 is 22.5 Å². The lowest BCUT2D eigenvalue weighted by Gasteiger charge is -2.35. The SMILES string of the molecule is CN(C(=O)c1cc2cc([C@H]3CCOC(C)(C)C3)ccc2n1[C@@]1(C#N)C[C@@H]1COCc1ccccc1)c1ccccc1. The summed E-state index contributed by atoms with van der Waals surface area (Å²) in [5.41, 5.74) is 3.62. The summed E-state index contributed by atoms with van der Waals surface area (Å²) in [6.45, 7) is 5.99. The maximum atomic E-state index is 14.1. The zero-order chi connectivity index (χ0) is 28.6. The predicted octanol–water partition coefficient (Wildman–Crippen LogP) is 7.05. The molecule has 4 aromatic rings. The van der Waals surface area contributed by atoms with E-state index >= 15 is 0 Å². The molecule has 2 heterocycles. The van der Waals surface area contributed by atoms with Crippen molar-refractivity contribution in [2.24, 2.45) is 5.92 Å². The van der Waals surface area contributed by atoms with Gasteiger partial charge in [-0.3, -0.25) is 4.79 Å². The van der Waals surface area contributed by atoms with E-state index in [1.165, 1.54) is 5.56 Å². The molecule has 0 spiro atoms. The number of nitriles is 1. The van der Waals surface area contributed by atoms with Gasteiger partial charge in [0.15, 0.2) is 0 Å². The fourth-order valence-electron chi connectivity index (χ4n) is 6.40. The van der Waals surface area contributed by atoms with E-state index in [1.54, 1.807) is 11.9 Å². The molecule has 6 heteroatoms. The fourth-order valence-corrected chi connectivity index (χ4v) is 6.40. The van der Waals surface area contributed by atoms with Crippen LogP contribution in [0.1, 0.15) is 60.6 Å². The Kier molecular flexibility index (Phi) is 7.19. The minimum atomic E-state index is -0.830. The number of aromatic nitrogens is 1. The van der Waals surface area contributed by atoms with Crippen molar-refractivity contribution in [1.29, 1.82) is 5.26 Å². The van der Waals surface area contributed by atoms with E-state index in [0.29, 0.717) is 31.2 Å². The van der Waals surface area contributed by atoms with E-state index in [-0.39, 0.29) is 17.4 Å². The van der Waals surface area contributed by atoms with Crippen LogP contribution in [0.3, 0.4) is 0 Å². The number of carbonyl (C=O) groups excluding carboxylic acids is 1. The van der Waals surface area contributed by atoms with Gasteiger partial charge < -0.3 is 18.9 Å². The van der Waals surface area contributed by atoms with Crippen molar-refractivity contribution in [3.8, 4) is 6.07 Å². The largest absolute Gasteiger partial charge is 0.376 e. The number of para-hydroxylation sites is 1. The van der Waals surface area contributed by atoms with Crippen molar-refractivity contribution in [2.75, 3.05) is 25.2 Å². The molecule has 1 aliphatic heterocycles. The van der Waals surface area contributed by atoms with Crippen LogP contribution in [0, 0.1) is 17.2 Å². The average molecular weight is 548 g/mol. The van der Waals surface area contributed by atoms with Crippen molar-refractivity contribution in [2.45, 2.75) is 56.8 Å². The lowest BCUT2D eigenvalue weighted by atomic mass is 9.83. The van der Waals surface area contributed by atoms with Crippen LogP contribution in [0.4, 0.5) is 5.69 Å². The van der Waals surface area contributed by atoms with E-state index in [9.17, 15) is 10.1 Å². The summed E-state index contributed by atoms with van der Waals surface area (Å²) in [4.78, 5) is 15.7. The first-order valence-electron chi connectivity index (χ1n) is 14.5. The number of rotatable bonds is 8. The molecule has 6 nitrogen and oxygen atoms in total. The molecule has 41 heavy (non-hydrogen) atoms. The zero-order valence-electron chi connectivity index (χ0n) is 24.0. The standard InChI is InChI=1S/C35H37N3O3/c1-34(2)20-27(16-17-41-34)26-14-15-31-28(18-26)19-32(33(39)37(3)30-12-8-5-9-13-30)38(31)35(24-36)21-29(35)23-40-22-25-10-6-4-7-11-25/h4-15,18-19,27,29H,16-17,20-23H2,1-3H3/t27-,29+,35+/m0/s1. The number of hydrogen-bond acceptors (Lipinski definition) is 4. The van der Waals surface area contributed by atoms with Crippen LogP contribution in [-0.2, 0) is 21.6 Å². The Labute approximate surface area is 242 Å². The third-order valence-corrected chi connectivity index (χ3v) is 8.76. The molecule has 1 saturated carbocycles. The zero-order valence-corrected chi connectivity index (χ0v) is 24.0. The fraction of sp³-hybridized carbons (Fsp3) is 0.371. The smallest absolute Gasteiger partial charge is 0.274 e. The van der Waals surface area contributed by atoms with Gasteiger partial charge in [0.1, 0.15) is 11.2 Å². The van der Waals surface area contributed by atoms with Gasteiger partial charge in [-0.05, 0) is 80.5 Å². The Morgan fingerprint density at radius 3 is 2.49 bits per heavy atom. The summed E-state index contributed by atoms with van der Waals surface area (Å²) >= 11 is 0. The quantitative estimate of drug-likeness (QED) is 0.237. The van der Waals surface area contributed by atoms with Crippen molar-refractivity contribution in [3.05, 3.63) is 102 Å². The lowest BCUT2D eigenvalue weighted by Crippen LogP contribution is -2.33. The van der Waals surface area contributed by atoms with Gasteiger partial charge in [0.05, 0.1) is 30.4 Å². The third-order valence-electron chi connectivity index (χ3n) is 8.76. The second-order valence-corrected chi connectivity index (χ2v) is 12.1. The summed E-state index contributed by atoms with van der Waals surface area (Å²) in [7, 11) is 1.79. The van der Waals surface area contributed by atoms with Gasteiger partial charge in [-0.25, -0.2) is 0 Å². The van der Waals surface area contributed by atoms with Crippen LogP contribution in [0.25, 0.3) is 10.9 Å². The van der Waals surface area contributed by atoms with Gasteiger partial charge in [0.2, 0.25) is 0 Å². The van der Waals surface area contributed by atoms with Crippen LogP contribution in [0.2, 0.25) is 0 Å². The van der Waals surface area contributed by atoms with Crippen LogP contribution in [0.5, 0.6) is 0 Å². The number of anilines is 1. The van der Waals surface area contributed by atoms with Crippen molar-refractivity contribution in [1.82, 2.24) is 4.57 Å². The topological polar surface area (TPSA) is 67.5 Å². The number of benzene rings is 3. The normalized spacial score (nSPS) is 23.2. The highest BCUT2D eigenvalue weighted by molar-refractivity contribution is 6.08. The maximum absolute atomic E-state index is 14.1. The molecular weight excluding hydrogens is 510 g/mol. The molecule has 2 aliphatic rings. The van der Waals surface area contributed by atoms with Gasteiger partial charge >= 0.3 is 0 Å². The van der Waals surface area contributed by atoms with E-state index in [2.05, 4.69) is 38.1 Å². The summed E-state index contributed by atoms with van der Waals surface area (Å²) in [5, 5.41) is 11.6. The van der Waals surface area contributed by atoms with E-state index in [4.69, 9.17) is 9.47 Å². The minimum Gasteiger partial charge on any atom is -0.376 e. The number of hydrogen-bond donors (Lipinski definition) is 0. The third kappa shape index (κ3) is 5.28. The van der Waals surface area contributed by atoms with Gasteiger partial charge in [0, 0.05) is 30.6 Å². The molecule has 1 saturated heterocycles. The lowest BCUT2D eigenvalue weighted by molar-refractivity contribution is -0.0592. The summed E-state index contributed by atoms with van der Waals surface area (Å²) in [6, 6.07) is 30.8. The predicted molar refractivity (Wildman–Crippen MR) is 161 cm³/mol. The number of fused-ring (bicyclic) bond motifs is 1. The Morgan fingerprint density at radius 1 is 1.05 bits per heavy atom. The van der Waals surface area contributed by atoms with Crippen LogP contribution < -0.4 is 4.90 Å². The van der Waals surface area contributed by atoms with Gasteiger partial charge in [0.25, 0.3) is 5.91 Å². The highest BCUT2D eigenvalue weighted by atomic mass is 16.5. The summed E-state index contributed by atoms with van der Waals surface area (Å²) in [6.07, 6.45) is 2.57. The van der Waals surface area contributed by atoms with E-state index < -0.39 is 5.54 Å². The van der Waals surface area contributed by atoms with Crippen molar-refractivity contribution in [3.63, 3.8) is 0 Å². The Morgan fingerprint density at radius 2 is 1.78 bits per heavy atom. The van der Waals surface area contributed by atoms with Crippen LogP contribution in [-0.4, -0.2) is 36.3 Å². The number of nitrogens with zero attached hydrogens (tertiary/aromatic N) is 3. The van der Waals surface area contributed by atoms with Crippen LogP contribution >= 0.6 is 0 Å². The number of ether oxygens (including phenoxy) is 2. The molecule has 6 rings (SSSR count). The molecule has 0 N–H and O–H groups in total. The molecule has 0 radical (unpaired) electrons. The molecule has 0 bridgehead atoms. The molecule has 1 aromatic heterocycles. The molecule has 0 unspecified atom stereocenters. The average Bonchev–Trinajstić information content (AvgIpc) is 3.56. The molecule has 3 aromatic carbocycles. The molecule has 1 amide bonds. The van der Waals surface area contributed by atoms with Crippen molar-refractivity contribution < 1.29 is 14.3 Å². The first-order chi connectivity index (χ1) is 19.8. The highest BCUT2D eigenvalue weighted by Gasteiger charge is 2.58. The molecule has 2 fully saturated rings. The first-order valence-corrected chi connectivity index (χ1v) is 14.5. The van der Waals surface area contributed by atoms with Gasteiger partial charge in [-0.15, -0.1) is 0 Å². The Bertz CT molecular complexity index is 1590. The Balaban J connectivity index is 1.36. The second-order valence-electron chi connectivity index (χ2n) is 12.1. The summed E-state index contributed by atoms with van der Waals surface area (Å²) in [5.74, 6) is 0.255. The Hall–Kier alpha value is -3.92. The van der Waals surface area contributed by atoms with Gasteiger partial charge in [-0.2, -0.15) is 5.26 Å². The van der Waals surface area contributed by atoms with Crippen LogP contribution in [0.15, 0.2) is 84.9 Å². The second kappa shape index (κ2) is 10.8. The van der Waals surface area contributed by atoms with Gasteiger partial charge in [-0.1, -0.05) is 54.6 Å². The molecule has 3 atom stereocenters. The molecular formula is C35H37N3O3. The summed E-state index contributed by atoms with van der Waals surface area (Å²) < 4.78 is 14.0. The minimum absolute atomic E-state index is 0.00337. The molecule has 210 valence electrons. The van der Waals surface area contributed by atoms with E-state index in [1.807, 2.05) is 71.3 Å². The number of carbonyl (C=O) groups is 1. The maximum Gasteiger partial charge on any atom is 0.274 e.